The van der Waals surface area contributed by atoms with Gasteiger partial charge in [-0.1, -0.05) is 26.2 Å². The van der Waals surface area contributed by atoms with Gasteiger partial charge >= 0.3 is 0 Å². The van der Waals surface area contributed by atoms with Gasteiger partial charge in [0.15, 0.2) is 17.4 Å². The maximum absolute atomic E-state index is 13.2. The van der Waals surface area contributed by atoms with Gasteiger partial charge in [0.25, 0.3) is 5.56 Å². The second-order valence-corrected chi connectivity index (χ2v) is 8.27. The van der Waals surface area contributed by atoms with Crippen LogP contribution in [0, 0.1) is 0 Å². The number of unbranched alkanes of at least 4 members (excludes halogenated alkanes) is 2. The first-order valence-corrected chi connectivity index (χ1v) is 10.6. The average Bonchev–Trinajstić information content (AvgIpc) is 3.46. The lowest BCUT2D eigenvalue weighted by Gasteiger charge is -2.18. The van der Waals surface area contributed by atoms with E-state index in [0.717, 1.165) is 25.7 Å². The van der Waals surface area contributed by atoms with Crippen LogP contribution in [-0.2, 0) is 9.47 Å². The number of hydrogen-bond acceptors (Lipinski definition) is 9. The Balaban J connectivity index is 1.46. The van der Waals surface area contributed by atoms with Crippen LogP contribution in [0.4, 0.5) is 5.95 Å². The molecule has 5 heterocycles. The van der Waals surface area contributed by atoms with E-state index in [1.165, 1.54) is 10.9 Å². The Morgan fingerprint density at radius 2 is 2.10 bits per heavy atom. The van der Waals surface area contributed by atoms with Gasteiger partial charge in [0.2, 0.25) is 5.95 Å². The average molecular weight is 421 g/mol. The summed E-state index contributed by atoms with van der Waals surface area (Å²) in [6, 6.07) is -0.551. The number of nitrogens with one attached hydrogen (secondary N) is 1. The molecule has 0 aromatic carbocycles. The molecule has 4 N–H and O–H groups in total. The molecule has 0 amide bonds. The summed E-state index contributed by atoms with van der Waals surface area (Å²) in [5.41, 5.74) is 0.125. The third kappa shape index (κ3) is 2.95. The van der Waals surface area contributed by atoms with Crippen molar-refractivity contribution in [2.24, 2.45) is 0 Å². The van der Waals surface area contributed by atoms with Gasteiger partial charge in [0.1, 0.15) is 24.5 Å². The van der Waals surface area contributed by atoms with Crippen molar-refractivity contribution >= 4 is 17.1 Å². The van der Waals surface area contributed by atoms with Crippen molar-refractivity contribution in [1.82, 2.24) is 19.1 Å². The second-order valence-electron chi connectivity index (χ2n) is 8.27. The maximum atomic E-state index is 13.2. The van der Waals surface area contributed by atoms with Crippen LogP contribution in [0.25, 0.3) is 11.2 Å². The monoisotopic (exact) mass is 421 g/mol. The predicted molar refractivity (Wildman–Crippen MR) is 105 cm³/mol. The van der Waals surface area contributed by atoms with Gasteiger partial charge in [0.05, 0.1) is 25.1 Å². The molecule has 3 aliphatic heterocycles. The summed E-state index contributed by atoms with van der Waals surface area (Å²) in [5, 5.41) is 33.3. The van der Waals surface area contributed by atoms with E-state index in [0.29, 0.717) is 11.6 Å². The molecule has 7 atom stereocenters. The summed E-state index contributed by atoms with van der Waals surface area (Å²) in [5.74, 6) is 0.313. The van der Waals surface area contributed by atoms with Crippen LogP contribution in [0.2, 0.25) is 0 Å². The Bertz CT molecular complexity index is 992. The number of aliphatic hydroxyl groups excluding tert-OH is 3. The Labute approximate surface area is 172 Å². The number of ether oxygens (including phenoxy) is 2. The smallest absolute Gasteiger partial charge is 0.283 e. The summed E-state index contributed by atoms with van der Waals surface area (Å²) in [4.78, 5) is 22.0. The molecule has 0 radical (unpaired) electrons. The van der Waals surface area contributed by atoms with E-state index in [2.05, 4.69) is 22.2 Å². The Morgan fingerprint density at radius 3 is 2.83 bits per heavy atom. The van der Waals surface area contributed by atoms with Crippen molar-refractivity contribution in [2.75, 3.05) is 11.9 Å². The standard InChI is InChI=1S/C19H27N5O6/c1-2-3-4-5-10-15(27)14-17(30-10)22-19-21-16-13(18(28)24(14)19)20-8-23(16)12-6-9(26)11(7-25)29-12/h8-12,14-15,17,25-27H,2-7H2,1H3,(H,21,22)/t9-,10+,11+,12+,14+,15-,17-/m0/s1. The van der Waals surface area contributed by atoms with E-state index in [1.807, 2.05) is 0 Å². The van der Waals surface area contributed by atoms with Crippen LogP contribution < -0.4 is 10.9 Å². The zero-order chi connectivity index (χ0) is 21.0. The molecule has 2 aromatic heterocycles. The van der Waals surface area contributed by atoms with E-state index < -0.39 is 36.8 Å². The van der Waals surface area contributed by atoms with E-state index in [4.69, 9.17) is 9.47 Å². The first kappa shape index (κ1) is 19.9. The van der Waals surface area contributed by atoms with Crippen LogP contribution in [-0.4, -0.2) is 71.7 Å². The van der Waals surface area contributed by atoms with Crippen LogP contribution in [0.5, 0.6) is 0 Å². The lowest BCUT2D eigenvalue weighted by molar-refractivity contribution is -0.0432. The van der Waals surface area contributed by atoms with Crippen LogP contribution >= 0.6 is 0 Å². The van der Waals surface area contributed by atoms with Gasteiger partial charge in [-0.25, -0.2) is 4.98 Å². The van der Waals surface area contributed by atoms with Crippen molar-refractivity contribution in [3.05, 3.63) is 16.7 Å². The van der Waals surface area contributed by atoms with Crippen LogP contribution in [0.1, 0.15) is 51.3 Å². The third-order valence-electron chi connectivity index (χ3n) is 6.35. The normalized spacial score (nSPS) is 35.0. The molecule has 11 heteroatoms. The minimum absolute atomic E-state index is 0.161. The number of aromatic nitrogens is 4. The van der Waals surface area contributed by atoms with E-state index in [9.17, 15) is 20.1 Å². The summed E-state index contributed by atoms with van der Waals surface area (Å²) >= 11 is 0. The van der Waals surface area contributed by atoms with Crippen LogP contribution in [0.15, 0.2) is 11.1 Å². The first-order valence-electron chi connectivity index (χ1n) is 10.6. The van der Waals surface area contributed by atoms with Crippen molar-refractivity contribution in [3.8, 4) is 0 Å². The zero-order valence-electron chi connectivity index (χ0n) is 16.7. The molecule has 2 saturated heterocycles. The molecule has 5 rings (SSSR count). The van der Waals surface area contributed by atoms with Gasteiger partial charge in [0, 0.05) is 6.42 Å². The highest BCUT2D eigenvalue weighted by atomic mass is 16.5. The topological polar surface area (TPSA) is 144 Å². The van der Waals surface area contributed by atoms with Gasteiger partial charge < -0.3 is 30.1 Å². The van der Waals surface area contributed by atoms with Crippen molar-refractivity contribution in [2.45, 2.75) is 81.9 Å². The first-order chi connectivity index (χ1) is 14.5. The zero-order valence-corrected chi connectivity index (χ0v) is 16.7. The number of imidazole rings is 1. The second kappa shape index (κ2) is 7.57. The highest BCUT2D eigenvalue weighted by Gasteiger charge is 2.50. The van der Waals surface area contributed by atoms with Crippen molar-refractivity contribution in [3.63, 3.8) is 0 Å². The summed E-state index contributed by atoms with van der Waals surface area (Å²) in [7, 11) is 0. The van der Waals surface area contributed by atoms with Crippen molar-refractivity contribution < 1.29 is 24.8 Å². The SMILES string of the molecule is CCCCC[C@H]1O[C@@H]2Nc3nc4c(ncn4[C@H]4C[C@H](O)[C@@H](CO)O4)c(=O)n3[C@@H]2[C@H]1O. The lowest BCUT2D eigenvalue weighted by atomic mass is 10.0. The van der Waals surface area contributed by atoms with Gasteiger partial charge in [-0.05, 0) is 6.42 Å². The Hall–Kier alpha value is -2.05. The largest absolute Gasteiger partial charge is 0.394 e. The Kier molecular flexibility index (Phi) is 5.02. The quantitative estimate of drug-likeness (QED) is 0.469. The fraction of sp³-hybridized carbons (Fsp3) is 0.737. The number of aliphatic hydroxyl groups is 3. The summed E-state index contributed by atoms with van der Waals surface area (Å²) in [6.45, 7) is 1.82. The number of anilines is 1. The van der Waals surface area contributed by atoms with E-state index >= 15 is 0 Å². The molecule has 0 saturated carbocycles. The van der Waals surface area contributed by atoms with Crippen LogP contribution in [0.3, 0.4) is 0 Å². The highest BCUT2D eigenvalue weighted by molar-refractivity contribution is 5.72. The molecule has 164 valence electrons. The molecule has 11 nitrogen and oxygen atoms in total. The number of rotatable bonds is 6. The predicted octanol–water partition coefficient (Wildman–Crippen LogP) is -0.134. The molecule has 0 spiro atoms. The number of hydrogen-bond donors (Lipinski definition) is 4. The Morgan fingerprint density at radius 1 is 1.27 bits per heavy atom. The molecule has 0 unspecified atom stereocenters. The van der Waals surface area contributed by atoms with Gasteiger partial charge in [-0.2, -0.15) is 4.98 Å². The third-order valence-corrected chi connectivity index (χ3v) is 6.35. The summed E-state index contributed by atoms with van der Waals surface area (Å²) in [6.07, 6.45) is 1.85. The molecule has 0 aliphatic carbocycles. The highest BCUT2D eigenvalue weighted by Crippen LogP contribution is 2.39. The molecular weight excluding hydrogens is 394 g/mol. The lowest BCUT2D eigenvalue weighted by Crippen LogP contribution is -2.33. The fourth-order valence-corrected chi connectivity index (χ4v) is 4.74. The maximum Gasteiger partial charge on any atom is 0.283 e. The molecule has 2 fully saturated rings. The van der Waals surface area contributed by atoms with E-state index in [-0.39, 0.29) is 30.2 Å². The van der Waals surface area contributed by atoms with Crippen molar-refractivity contribution in [1.29, 1.82) is 0 Å². The van der Waals surface area contributed by atoms with Gasteiger partial charge in [-0.15, -0.1) is 0 Å². The fourth-order valence-electron chi connectivity index (χ4n) is 4.74. The molecule has 2 aromatic rings. The van der Waals surface area contributed by atoms with E-state index in [1.54, 1.807) is 4.57 Å². The molecule has 3 aliphatic rings. The minimum Gasteiger partial charge on any atom is -0.394 e. The number of nitrogens with zero attached hydrogens (tertiary/aromatic N) is 4. The molecule has 0 bridgehead atoms. The van der Waals surface area contributed by atoms with Gasteiger partial charge in [-0.3, -0.25) is 13.9 Å². The number of fused-ring (bicyclic) bond motifs is 4. The summed E-state index contributed by atoms with van der Waals surface area (Å²) < 4.78 is 14.7. The molecule has 30 heavy (non-hydrogen) atoms. The minimum atomic E-state index is -0.807. The molecular formula is C19H27N5O6.